The Morgan fingerprint density at radius 3 is 2.38 bits per heavy atom. The van der Waals surface area contributed by atoms with Gasteiger partial charge in [-0.25, -0.2) is 0 Å². The van der Waals surface area contributed by atoms with Gasteiger partial charge in [-0.05, 0) is 20.8 Å². The minimum Gasteiger partial charge on any atom is -0.353 e. The zero-order valence-electron chi connectivity index (χ0n) is 8.59. The summed E-state index contributed by atoms with van der Waals surface area (Å²) in [5.41, 5.74) is 4.69. The average Bonchev–Trinajstić information content (AvgIpc) is 1.97. The molecule has 0 aliphatic carbocycles. The van der Waals surface area contributed by atoms with Gasteiger partial charge in [-0.2, -0.15) is 0 Å². The molecule has 3 N–H and O–H groups in total. The molecule has 2 atom stereocenters. The molecule has 0 heterocycles. The van der Waals surface area contributed by atoms with E-state index in [1.807, 2.05) is 6.92 Å². The van der Waals surface area contributed by atoms with E-state index >= 15 is 0 Å². The molecule has 0 spiro atoms. The van der Waals surface area contributed by atoms with Gasteiger partial charge < -0.3 is 11.1 Å². The van der Waals surface area contributed by atoms with E-state index < -0.39 is 16.3 Å². The molecule has 0 saturated heterocycles. The lowest BCUT2D eigenvalue weighted by Gasteiger charge is -2.19. The molecule has 5 heteroatoms. The number of hydrogen-bond donors (Lipinski definition) is 2. The Balaban J connectivity index is 3.91. The first-order valence-electron chi connectivity index (χ1n) is 4.14. The van der Waals surface area contributed by atoms with Gasteiger partial charge in [0.05, 0.1) is 5.54 Å². The minimum atomic E-state index is -0.909. The van der Waals surface area contributed by atoms with Crippen LogP contribution in [0.3, 0.4) is 0 Å². The highest BCUT2D eigenvalue weighted by molar-refractivity contribution is 7.84. The number of rotatable bonds is 4. The zero-order valence-corrected chi connectivity index (χ0v) is 9.40. The molecule has 2 unspecified atom stereocenters. The quantitative estimate of drug-likeness (QED) is 0.658. The second kappa shape index (κ2) is 4.72. The van der Waals surface area contributed by atoms with Crippen LogP contribution >= 0.6 is 0 Å². The average molecular weight is 206 g/mol. The largest absolute Gasteiger partial charge is 0.353 e. The van der Waals surface area contributed by atoms with Crippen molar-refractivity contribution in [3.63, 3.8) is 0 Å². The molecule has 0 aliphatic heterocycles. The summed E-state index contributed by atoms with van der Waals surface area (Å²) >= 11 is 0. The van der Waals surface area contributed by atoms with E-state index in [9.17, 15) is 9.00 Å². The van der Waals surface area contributed by atoms with Crippen molar-refractivity contribution in [1.82, 2.24) is 5.32 Å². The summed E-state index contributed by atoms with van der Waals surface area (Å²) in [5.74, 6) is -0.218. The van der Waals surface area contributed by atoms with Crippen molar-refractivity contribution in [2.24, 2.45) is 5.73 Å². The van der Waals surface area contributed by atoms with Gasteiger partial charge in [-0.1, -0.05) is 0 Å². The molecule has 0 bridgehead atoms. The Kier molecular flexibility index (Phi) is 4.56. The van der Waals surface area contributed by atoms with Crippen molar-refractivity contribution in [3.8, 4) is 0 Å². The number of nitrogens with two attached hydrogens (primary N) is 1. The van der Waals surface area contributed by atoms with E-state index in [4.69, 9.17) is 5.73 Å². The van der Waals surface area contributed by atoms with Crippen LogP contribution in [0.5, 0.6) is 0 Å². The predicted molar refractivity (Wildman–Crippen MR) is 54.8 cm³/mol. The van der Waals surface area contributed by atoms with Gasteiger partial charge in [0.15, 0.2) is 0 Å². The van der Waals surface area contributed by atoms with Crippen LogP contribution in [-0.4, -0.2) is 33.7 Å². The topological polar surface area (TPSA) is 72.2 Å². The molecule has 13 heavy (non-hydrogen) atoms. The third-order valence-electron chi connectivity index (χ3n) is 1.70. The lowest BCUT2D eigenvalue weighted by Crippen LogP contribution is -2.50. The Morgan fingerprint density at radius 2 is 2.08 bits per heavy atom. The second-order valence-electron chi connectivity index (χ2n) is 3.74. The molecule has 0 radical (unpaired) electrons. The van der Waals surface area contributed by atoms with Crippen LogP contribution in [0.1, 0.15) is 20.8 Å². The van der Waals surface area contributed by atoms with Crippen molar-refractivity contribution in [2.45, 2.75) is 31.6 Å². The molecule has 0 saturated carbocycles. The van der Waals surface area contributed by atoms with Crippen LogP contribution < -0.4 is 11.1 Å². The molecule has 0 aromatic rings. The minimum absolute atomic E-state index is 0.0358. The number of amides is 1. The lowest BCUT2D eigenvalue weighted by atomic mass is 10.1. The number of carbonyl (C=O) groups excluding carboxylic acids is 1. The summed E-state index contributed by atoms with van der Waals surface area (Å²) in [4.78, 5) is 11.3. The maximum Gasteiger partial charge on any atom is 0.239 e. The van der Waals surface area contributed by atoms with E-state index in [-0.39, 0.29) is 11.2 Å². The zero-order chi connectivity index (χ0) is 10.6. The van der Waals surface area contributed by atoms with Crippen LogP contribution in [0.2, 0.25) is 0 Å². The number of nitrogens with one attached hydrogen (secondary N) is 1. The van der Waals surface area contributed by atoms with Crippen molar-refractivity contribution >= 4 is 16.7 Å². The standard InChI is InChI=1S/C8H18N2O2S/c1-6(13(4)12)5-10-7(11)8(2,3)9/h6H,5,9H2,1-4H3,(H,10,11). The first-order valence-corrected chi connectivity index (χ1v) is 5.76. The van der Waals surface area contributed by atoms with Crippen molar-refractivity contribution < 1.29 is 9.00 Å². The summed E-state index contributed by atoms with van der Waals surface area (Å²) in [6, 6.07) is 0. The molecule has 0 rings (SSSR count). The first-order chi connectivity index (χ1) is 5.75. The normalized spacial score (nSPS) is 16.4. The van der Waals surface area contributed by atoms with Gasteiger partial charge in [0.25, 0.3) is 0 Å². The highest BCUT2D eigenvalue weighted by Crippen LogP contribution is 1.96. The Hall–Kier alpha value is -0.420. The van der Waals surface area contributed by atoms with Crippen LogP contribution in [0.4, 0.5) is 0 Å². The van der Waals surface area contributed by atoms with Crippen LogP contribution in [0, 0.1) is 0 Å². The van der Waals surface area contributed by atoms with Gasteiger partial charge in [-0.15, -0.1) is 0 Å². The number of carbonyl (C=O) groups is 1. The molecule has 1 amide bonds. The summed E-state index contributed by atoms with van der Waals surface area (Å²) in [5, 5.41) is 2.61. The van der Waals surface area contributed by atoms with E-state index in [2.05, 4.69) is 5.32 Å². The molecule has 0 aromatic carbocycles. The molecular weight excluding hydrogens is 188 g/mol. The van der Waals surface area contributed by atoms with Crippen molar-refractivity contribution in [1.29, 1.82) is 0 Å². The third kappa shape index (κ3) is 5.00. The summed E-state index contributed by atoms with van der Waals surface area (Å²) in [7, 11) is -0.909. The summed E-state index contributed by atoms with van der Waals surface area (Å²) < 4.78 is 10.9. The van der Waals surface area contributed by atoms with Crippen molar-refractivity contribution in [2.75, 3.05) is 12.8 Å². The predicted octanol–water partition coefficient (Wildman–Crippen LogP) is -0.393. The van der Waals surface area contributed by atoms with E-state index in [0.29, 0.717) is 6.54 Å². The molecule has 4 nitrogen and oxygen atoms in total. The SMILES string of the molecule is CC(CNC(=O)C(C)(C)N)S(C)=O. The Bertz CT molecular complexity index is 211. The highest BCUT2D eigenvalue weighted by atomic mass is 32.2. The molecule has 0 fully saturated rings. The molecule has 78 valence electrons. The molecule has 0 aromatic heterocycles. The fraction of sp³-hybridized carbons (Fsp3) is 0.875. The van der Waals surface area contributed by atoms with Gasteiger partial charge in [-0.3, -0.25) is 9.00 Å². The molecule has 0 aliphatic rings. The summed E-state index contributed by atoms with van der Waals surface area (Å²) in [6.45, 7) is 5.49. The van der Waals surface area contributed by atoms with Crippen LogP contribution in [0.25, 0.3) is 0 Å². The number of hydrogen-bond acceptors (Lipinski definition) is 3. The van der Waals surface area contributed by atoms with Crippen molar-refractivity contribution in [3.05, 3.63) is 0 Å². The summed E-state index contributed by atoms with van der Waals surface area (Å²) in [6.07, 6.45) is 1.62. The fourth-order valence-electron chi connectivity index (χ4n) is 0.582. The van der Waals surface area contributed by atoms with Gasteiger partial charge in [0.2, 0.25) is 5.91 Å². The highest BCUT2D eigenvalue weighted by Gasteiger charge is 2.22. The van der Waals surface area contributed by atoms with Crippen LogP contribution in [-0.2, 0) is 15.6 Å². The van der Waals surface area contributed by atoms with Gasteiger partial charge >= 0.3 is 0 Å². The monoisotopic (exact) mass is 206 g/mol. The first kappa shape index (κ1) is 12.6. The Labute approximate surface area is 81.7 Å². The third-order valence-corrected chi connectivity index (χ3v) is 3.00. The van der Waals surface area contributed by atoms with Gasteiger partial charge in [0.1, 0.15) is 0 Å². The maximum atomic E-state index is 11.3. The lowest BCUT2D eigenvalue weighted by molar-refractivity contribution is -0.125. The van der Waals surface area contributed by atoms with E-state index in [1.165, 1.54) is 0 Å². The molecular formula is C8H18N2O2S. The second-order valence-corrected chi connectivity index (χ2v) is 5.54. The van der Waals surface area contributed by atoms with E-state index in [0.717, 1.165) is 0 Å². The van der Waals surface area contributed by atoms with Gasteiger partial charge in [0, 0.05) is 28.9 Å². The Morgan fingerprint density at radius 1 is 1.62 bits per heavy atom. The van der Waals surface area contributed by atoms with Crippen LogP contribution in [0.15, 0.2) is 0 Å². The smallest absolute Gasteiger partial charge is 0.239 e. The fourth-order valence-corrected chi connectivity index (χ4v) is 0.900. The maximum absolute atomic E-state index is 11.3. The van der Waals surface area contributed by atoms with E-state index in [1.54, 1.807) is 20.1 Å².